The van der Waals surface area contributed by atoms with E-state index in [-0.39, 0.29) is 17.2 Å². The van der Waals surface area contributed by atoms with Crippen molar-refractivity contribution in [1.29, 1.82) is 0 Å². The van der Waals surface area contributed by atoms with Crippen LogP contribution in [0.1, 0.15) is 22.4 Å². The van der Waals surface area contributed by atoms with Crippen LogP contribution < -0.4 is 10.9 Å². The minimum Gasteiger partial charge on any atom is -0.355 e. The number of benzene rings is 1. The molecule has 0 radical (unpaired) electrons. The van der Waals surface area contributed by atoms with E-state index < -0.39 is 0 Å². The second kappa shape index (κ2) is 9.89. The number of thiophene rings is 1. The predicted octanol–water partition coefficient (Wildman–Crippen LogP) is 4.10. The SMILES string of the molecule is C=CCn1c(SCC(=O)NCCCc2ccccc2)nc2sc(C)c(C)c2c1=O. The van der Waals surface area contributed by atoms with Crippen LogP contribution in [-0.4, -0.2) is 27.8 Å². The van der Waals surface area contributed by atoms with Crippen LogP contribution in [0.15, 0.2) is 52.9 Å². The lowest BCUT2D eigenvalue weighted by Gasteiger charge is -2.10. The van der Waals surface area contributed by atoms with Gasteiger partial charge in [0.15, 0.2) is 5.16 Å². The molecule has 0 atom stereocenters. The Hall–Kier alpha value is -2.38. The van der Waals surface area contributed by atoms with Crippen molar-refractivity contribution in [2.45, 2.75) is 38.4 Å². The summed E-state index contributed by atoms with van der Waals surface area (Å²) in [6.45, 7) is 8.69. The summed E-state index contributed by atoms with van der Waals surface area (Å²) in [6.07, 6.45) is 3.50. The number of allylic oxidation sites excluding steroid dienone is 1. The van der Waals surface area contributed by atoms with E-state index in [0.717, 1.165) is 28.1 Å². The molecule has 1 aromatic carbocycles. The summed E-state index contributed by atoms with van der Waals surface area (Å²) in [4.78, 5) is 31.7. The summed E-state index contributed by atoms with van der Waals surface area (Å²) in [7, 11) is 0. The zero-order valence-corrected chi connectivity index (χ0v) is 18.4. The summed E-state index contributed by atoms with van der Waals surface area (Å²) in [5, 5.41) is 4.18. The summed E-state index contributed by atoms with van der Waals surface area (Å²) >= 11 is 2.81. The Bertz CT molecular complexity index is 1070. The van der Waals surface area contributed by atoms with Crippen molar-refractivity contribution in [3.63, 3.8) is 0 Å². The molecule has 5 nitrogen and oxygen atoms in total. The molecular formula is C22H25N3O2S2. The molecule has 29 heavy (non-hydrogen) atoms. The van der Waals surface area contributed by atoms with Crippen LogP contribution in [0.2, 0.25) is 0 Å². The number of nitrogens with zero attached hydrogens (tertiary/aromatic N) is 2. The van der Waals surface area contributed by atoms with Gasteiger partial charge in [0, 0.05) is 18.0 Å². The predicted molar refractivity (Wildman–Crippen MR) is 122 cm³/mol. The standard InChI is InChI=1S/C22H25N3O2S2/c1-4-13-25-21(27)19-15(2)16(3)29-20(19)24-22(25)28-14-18(26)23-12-8-11-17-9-6-5-7-10-17/h4-7,9-10H,1,8,11-14H2,2-3H3,(H,23,26). The molecule has 0 saturated carbocycles. The van der Waals surface area contributed by atoms with Gasteiger partial charge in [-0.15, -0.1) is 17.9 Å². The fourth-order valence-electron chi connectivity index (χ4n) is 3.06. The number of fused-ring (bicyclic) bond motifs is 1. The molecule has 0 saturated heterocycles. The molecule has 3 rings (SSSR count). The van der Waals surface area contributed by atoms with E-state index in [1.807, 2.05) is 32.0 Å². The minimum absolute atomic E-state index is 0.0545. The Labute approximate surface area is 178 Å². The number of carbonyl (C=O) groups excluding carboxylic acids is 1. The molecule has 0 aliphatic carbocycles. The highest BCUT2D eigenvalue weighted by molar-refractivity contribution is 7.99. The first kappa shape index (κ1) is 21.3. The number of hydrogen-bond donors (Lipinski definition) is 1. The molecule has 152 valence electrons. The van der Waals surface area contributed by atoms with Gasteiger partial charge in [0.1, 0.15) is 4.83 Å². The van der Waals surface area contributed by atoms with E-state index in [1.54, 1.807) is 10.6 Å². The topological polar surface area (TPSA) is 64.0 Å². The van der Waals surface area contributed by atoms with Gasteiger partial charge >= 0.3 is 0 Å². The van der Waals surface area contributed by atoms with Crippen molar-refractivity contribution in [2.75, 3.05) is 12.3 Å². The van der Waals surface area contributed by atoms with Crippen molar-refractivity contribution in [3.05, 3.63) is 69.3 Å². The summed E-state index contributed by atoms with van der Waals surface area (Å²) in [5.41, 5.74) is 2.18. The molecule has 0 aliphatic rings. The third-order valence-corrected chi connectivity index (χ3v) is 6.78. The molecular weight excluding hydrogens is 402 g/mol. The Kier molecular flexibility index (Phi) is 7.28. The number of amides is 1. The molecule has 2 heterocycles. The third kappa shape index (κ3) is 5.16. The second-order valence-electron chi connectivity index (χ2n) is 6.79. The molecule has 0 fully saturated rings. The third-order valence-electron chi connectivity index (χ3n) is 4.71. The zero-order chi connectivity index (χ0) is 20.8. The van der Waals surface area contributed by atoms with Gasteiger partial charge in [-0.05, 0) is 37.8 Å². The first-order chi connectivity index (χ1) is 14.0. The zero-order valence-electron chi connectivity index (χ0n) is 16.7. The van der Waals surface area contributed by atoms with Crippen molar-refractivity contribution in [3.8, 4) is 0 Å². The molecule has 0 bridgehead atoms. The number of hydrogen-bond acceptors (Lipinski definition) is 5. The van der Waals surface area contributed by atoms with Crippen LogP contribution in [-0.2, 0) is 17.8 Å². The number of rotatable bonds is 9. The van der Waals surface area contributed by atoms with Crippen molar-refractivity contribution in [2.24, 2.45) is 0 Å². The van der Waals surface area contributed by atoms with Gasteiger partial charge in [-0.2, -0.15) is 0 Å². The highest BCUT2D eigenvalue weighted by Gasteiger charge is 2.17. The fourth-order valence-corrected chi connectivity index (χ4v) is 4.96. The maximum atomic E-state index is 12.9. The van der Waals surface area contributed by atoms with Crippen molar-refractivity contribution in [1.82, 2.24) is 14.9 Å². The first-order valence-electron chi connectivity index (χ1n) is 9.56. The van der Waals surface area contributed by atoms with E-state index in [4.69, 9.17) is 0 Å². The monoisotopic (exact) mass is 427 g/mol. The summed E-state index contributed by atoms with van der Waals surface area (Å²) in [5.74, 6) is 0.171. The Morgan fingerprint density at radius 2 is 2.07 bits per heavy atom. The lowest BCUT2D eigenvalue weighted by atomic mass is 10.1. The van der Waals surface area contributed by atoms with Crippen LogP contribution in [0.3, 0.4) is 0 Å². The molecule has 3 aromatic rings. The molecule has 0 aliphatic heterocycles. The van der Waals surface area contributed by atoms with Gasteiger partial charge in [0.05, 0.1) is 11.1 Å². The molecule has 7 heteroatoms. The maximum Gasteiger partial charge on any atom is 0.263 e. The lowest BCUT2D eigenvalue weighted by Crippen LogP contribution is -2.27. The average molecular weight is 428 g/mol. The largest absolute Gasteiger partial charge is 0.355 e. The van der Waals surface area contributed by atoms with Crippen LogP contribution in [0.25, 0.3) is 10.2 Å². The van der Waals surface area contributed by atoms with Crippen LogP contribution >= 0.6 is 23.1 Å². The number of aromatic nitrogens is 2. The van der Waals surface area contributed by atoms with Crippen molar-refractivity contribution < 1.29 is 4.79 Å². The number of thioether (sulfide) groups is 1. The van der Waals surface area contributed by atoms with E-state index in [1.165, 1.54) is 28.7 Å². The van der Waals surface area contributed by atoms with Gasteiger partial charge in [-0.25, -0.2) is 4.98 Å². The first-order valence-corrected chi connectivity index (χ1v) is 11.4. The van der Waals surface area contributed by atoms with Gasteiger partial charge in [-0.1, -0.05) is 48.2 Å². The summed E-state index contributed by atoms with van der Waals surface area (Å²) < 4.78 is 1.60. The van der Waals surface area contributed by atoms with Gasteiger partial charge < -0.3 is 5.32 Å². The van der Waals surface area contributed by atoms with Crippen LogP contribution in [0.4, 0.5) is 0 Å². The highest BCUT2D eigenvalue weighted by atomic mass is 32.2. The number of aryl methyl sites for hydroxylation is 3. The molecule has 0 unspecified atom stereocenters. The van der Waals surface area contributed by atoms with E-state index in [0.29, 0.717) is 23.6 Å². The Morgan fingerprint density at radius 1 is 1.31 bits per heavy atom. The molecule has 1 N–H and O–H groups in total. The van der Waals surface area contributed by atoms with Gasteiger partial charge in [0.25, 0.3) is 5.56 Å². The lowest BCUT2D eigenvalue weighted by molar-refractivity contribution is -0.118. The van der Waals surface area contributed by atoms with Crippen LogP contribution in [0, 0.1) is 13.8 Å². The smallest absolute Gasteiger partial charge is 0.263 e. The van der Waals surface area contributed by atoms with Gasteiger partial charge in [-0.3, -0.25) is 14.2 Å². The van der Waals surface area contributed by atoms with Crippen molar-refractivity contribution >= 4 is 39.2 Å². The summed E-state index contributed by atoms with van der Waals surface area (Å²) in [6, 6.07) is 10.2. The average Bonchev–Trinajstić information content (AvgIpc) is 3.00. The van der Waals surface area contributed by atoms with E-state index in [2.05, 4.69) is 29.0 Å². The van der Waals surface area contributed by atoms with Gasteiger partial charge in [0.2, 0.25) is 5.91 Å². The van der Waals surface area contributed by atoms with E-state index in [9.17, 15) is 9.59 Å². The maximum absolute atomic E-state index is 12.9. The Morgan fingerprint density at radius 3 is 2.79 bits per heavy atom. The quantitative estimate of drug-likeness (QED) is 0.242. The molecule has 0 spiro atoms. The van der Waals surface area contributed by atoms with E-state index >= 15 is 0 Å². The Balaban J connectivity index is 1.62. The molecule has 1 amide bonds. The number of carbonyl (C=O) groups is 1. The minimum atomic E-state index is -0.0671. The van der Waals surface area contributed by atoms with Crippen LogP contribution in [0.5, 0.6) is 0 Å². The number of nitrogens with one attached hydrogen (secondary N) is 1. The molecule has 2 aromatic heterocycles. The second-order valence-corrected chi connectivity index (χ2v) is 8.94. The fraction of sp³-hybridized carbons (Fsp3) is 0.318. The normalized spacial score (nSPS) is 11.0. The highest BCUT2D eigenvalue weighted by Crippen LogP contribution is 2.28.